The molecule has 2 rings (SSSR count). The van der Waals surface area contributed by atoms with Crippen molar-refractivity contribution in [1.29, 1.82) is 0 Å². The maximum absolute atomic E-state index is 12.8. The summed E-state index contributed by atoms with van der Waals surface area (Å²) >= 11 is 0. The Labute approximate surface area is 122 Å². The van der Waals surface area contributed by atoms with E-state index in [-0.39, 0.29) is 24.7 Å². The van der Waals surface area contributed by atoms with Crippen LogP contribution in [0.3, 0.4) is 0 Å². The molecule has 0 atom stereocenters. The molecule has 1 aliphatic heterocycles. The highest BCUT2D eigenvalue weighted by atomic mass is 32.2. The van der Waals surface area contributed by atoms with Crippen molar-refractivity contribution in [3.05, 3.63) is 16.3 Å². The highest BCUT2D eigenvalue weighted by Gasteiger charge is 2.44. The monoisotopic (exact) mass is 318 g/mol. The molecule has 9 nitrogen and oxygen atoms in total. The standard InChI is InChI=1S/C11H18N4O5S/c1-4-13-7-9(10(12-13)15(16)17)21(18,19)14-5-6-20-8-11(14,2)3/h7H,4-6,8H2,1-3H3. The van der Waals surface area contributed by atoms with Crippen LogP contribution in [0.2, 0.25) is 0 Å². The number of ether oxygens (including phenoxy) is 1. The Kier molecular flexibility index (Phi) is 4.04. The summed E-state index contributed by atoms with van der Waals surface area (Å²) in [5.74, 6) is -0.640. The molecule has 10 heteroatoms. The molecule has 0 saturated carbocycles. The summed E-state index contributed by atoms with van der Waals surface area (Å²) in [6.45, 7) is 6.18. The fraction of sp³-hybridized carbons (Fsp3) is 0.727. The van der Waals surface area contributed by atoms with E-state index in [2.05, 4.69) is 5.10 Å². The minimum absolute atomic E-state index is 0.157. The first kappa shape index (κ1) is 15.9. The highest BCUT2D eigenvalue weighted by Crippen LogP contribution is 2.31. The van der Waals surface area contributed by atoms with Crippen molar-refractivity contribution in [2.75, 3.05) is 19.8 Å². The third kappa shape index (κ3) is 2.78. The molecule has 0 N–H and O–H groups in total. The van der Waals surface area contributed by atoms with Gasteiger partial charge in [-0.05, 0) is 25.7 Å². The Morgan fingerprint density at radius 2 is 2.19 bits per heavy atom. The molecule has 1 aromatic heterocycles. The summed E-state index contributed by atoms with van der Waals surface area (Å²) in [5.41, 5.74) is -0.765. The quantitative estimate of drug-likeness (QED) is 0.594. The van der Waals surface area contributed by atoms with Crippen molar-refractivity contribution < 1.29 is 18.1 Å². The molecule has 0 spiro atoms. The van der Waals surface area contributed by atoms with Gasteiger partial charge in [0.1, 0.15) is 0 Å². The second-order valence-electron chi connectivity index (χ2n) is 5.37. The van der Waals surface area contributed by atoms with E-state index in [1.165, 1.54) is 15.2 Å². The number of nitro groups is 1. The van der Waals surface area contributed by atoms with Gasteiger partial charge in [-0.25, -0.2) is 8.42 Å². The van der Waals surface area contributed by atoms with Crippen LogP contribution in [0.4, 0.5) is 5.82 Å². The average molecular weight is 318 g/mol. The van der Waals surface area contributed by atoms with Crippen LogP contribution in [-0.4, -0.2) is 52.7 Å². The van der Waals surface area contributed by atoms with Crippen molar-refractivity contribution in [3.8, 4) is 0 Å². The van der Waals surface area contributed by atoms with Crippen LogP contribution >= 0.6 is 0 Å². The Morgan fingerprint density at radius 1 is 1.52 bits per heavy atom. The first-order valence-electron chi connectivity index (χ1n) is 6.52. The van der Waals surface area contributed by atoms with Gasteiger partial charge in [0.15, 0.2) is 0 Å². The van der Waals surface area contributed by atoms with Gasteiger partial charge in [0.05, 0.1) is 36.6 Å². The molecular formula is C11H18N4O5S. The lowest BCUT2D eigenvalue weighted by Crippen LogP contribution is -2.55. The van der Waals surface area contributed by atoms with Crippen LogP contribution in [0.25, 0.3) is 0 Å². The van der Waals surface area contributed by atoms with Crippen molar-refractivity contribution in [1.82, 2.24) is 14.1 Å². The number of nitrogens with zero attached hydrogens (tertiary/aromatic N) is 4. The van der Waals surface area contributed by atoms with Crippen LogP contribution in [0.1, 0.15) is 20.8 Å². The van der Waals surface area contributed by atoms with E-state index in [4.69, 9.17) is 4.74 Å². The summed E-state index contributed by atoms with van der Waals surface area (Å²) < 4.78 is 33.3. The van der Waals surface area contributed by atoms with E-state index < -0.39 is 26.3 Å². The van der Waals surface area contributed by atoms with E-state index in [0.717, 1.165) is 0 Å². The SMILES string of the molecule is CCn1cc(S(=O)(=O)N2CCOCC2(C)C)c([N+](=O)[O-])n1. The lowest BCUT2D eigenvalue weighted by Gasteiger charge is -2.40. The smallest absolute Gasteiger partial charge is 0.378 e. The minimum Gasteiger partial charge on any atom is -0.378 e. The Hall–Kier alpha value is -1.52. The van der Waals surface area contributed by atoms with E-state index in [0.29, 0.717) is 6.54 Å². The lowest BCUT2D eigenvalue weighted by atomic mass is 10.1. The predicted molar refractivity (Wildman–Crippen MR) is 73.3 cm³/mol. The van der Waals surface area contributed by atoms with Crippen molar-refractivity contribution in [2.45, 2.75) is 37.8 Å². The molecule has 2 heterocycles. The van der Waals surface area contributed by atoms with E-state index >= 15 is 0 Å². The first-order valence-corrected chi connectivity index (χ1v) is 7.96. The van der Waals surface area contributed by atoms with Crippen molar-refractivity contribution in [3.63, 3.8) is 0 Å². The summed E-state index contributed by atoms with van der Waals surface area (Å²) in [5, 5.41) is 14.8. The van der Waals surface area contributed by atoms with Gasteiger partial charge in [-0.1, -0.05) is 0 Å². The van der Waals surface area contributed by atoms with Gasteiger partial charge in [-0.2, -0.15) is 8.99 Å². The zero-order valence-corrected chi connectivity index (χ0v) is 13.0. The number of hydrogen-bond acceptors (Lipinski definition) is 6. The Balaban J connectivity index is 2.53. The van der Waals surface area contributed by atoms with Crippen molar-refractivity contribution in [2.24, 2.45) is 0 Å². The van der Waals surface area contributed by atoms with Gasteiger partial charge >= 0.3 is 5.82 Å². The van der Waals surface area contributed by atoms with Gasteiger partial charge in [0.25, 0.3) is 10.0 Å². The van der Waals surface area contributed by atoms with Crippen LogP contribution in [-0.2, 0) is 21.3 Å². The Morgan fingerprint density at radius 3 is 2.71 bits per heavy atom. The van der Waals surface area contributed by atoms with E-state index in [1.54, 1.807) is 20.8 Å². The maximum Gasteiger partial charge on any atom is 0.410 e. The normalized spacial score (nSPS) is 19.6. The van der Waals surface area contributed by atoms with Crippen LogP contribution in [0, 0.1) is 10.1 Å². The molecule has 1 saturated heterocycles. The minimum atomic E-state index is -4.01. The van der Waals surface area contributed by atoms with Gasteiger partial charge in [0.2, 0.25) is 4.90 Å². The van der Waals surface area contributed by atoms with Crippen molar-refractivity contribution >= 4 is 15.8 Å². The van der Waals surface area contributed by atoms with Crippen LogP contribution in [0.5, 0.6) is 0 Å². The molecule has 0 radical (unpaired) electrons. The third-order valence-electron chi connectivity index (χ3n) is 3.34. The fourth-order valence-corrected chi connectivity index (χ4v) is 4.13. The maximum atomic E-state index is 12.8. The fourth-order valence-electron chi connectivity index (χ4n) is 2.27. The van der Waals surface area contributed by atoms with E-state index in [1.807, 2.05) is 0 Å². The molecule has 21 heavy (non-hydrogen) atoms. The molecule has 1 aliphatic rings. The molecule has 0 amide bonds. The summed E-state index contributed by atoms with van der Waals surface area (Å²) in [7, 11) is -4.01. The zero-order valence-electron chi connectivity index (χ0n) is 12.1. The second-order valence-corrected chi connectivity index (χ2v) is 7.20. The van der Waals surface area contributed by atoms with E-state index in [9.17, 15) is 18.5 Å². The number of hydrogen-bond donors (Lipinski definition) is 0. The number of sulfonamides is 1. The highest BCUT2D eigenvalue weighted by molar-refractivity contribution is 7.89. The zero-order chi connectivity index (χ0) is 15.8. The topological polar surface area (TPSA) is 108 Å². The number of aromatic nitrogens is 2. The summed E-state index contributed by atoms with van der Waals surface area (Å²) in [6, 6.07) is 0. The summed E-state index contributed by atoms with van der Waals surface area (Å²) in [6.07, 6.45) is 1.21. The van der Waals surface area contributed by atoms with Crippen LogP contribution < -0.4 is 0 Å². The first-order chi connectivity index (χ1) is 9.70. The molecule has 0 aromatic carbocycles. The predicted octanol–water partition coefficient (Wildman–Crippen LogP) is 0.611. The molecular weight excluding hydrogens is 300 g/mol. The third-order valence-corrected chi connectivity index (χ3v) is 5.44. The van der Waals surface area contributed by atoms with Gasteiger partial charge in [-0.15, -0.1) is 0 Å². The van der Waals surface area contributed by atoms with Gasteiger partial charge in [-0.3, -0.25) is 0 Å². The molecule has 1 aromatic rings. The average Bonchev–Trinajstić information content (AvgIpc) is 2.83. The number of morpholine rings is 1. The lowest BCUT2D eigenvalue weighted by molar-refractivity contribution is -0.392. The molecule has 0 bridgehead atoms. The molecule has 1 fully saturated rings. The summed E-state index contributed by atoms with van der Waals surface area (Å²) in [4.78, 5) is 9.92. The largest absolute Gasteiger partial charge is 0.410 e. The number of aryl methyl sites for hydroxylation is 1. The van der Waals surface area contributed by atoms with Gasteiger partial charge in [0, 0.05) is 6.54 Å². The molecule has 0 aliphatic carbocycles. The molecule has 118 valence electrons. The Bertz CT molecular complexity index is 652. The molecule has 0 unspecified atom stereocenters. The van der Waals surface area contributed by atoms with Crippen LogP contribution in [0.15, 0.2) is 11.1 Å². The van der Waals surface area contributed by atoms with Gasteiger partial charge < -0.3 is 14.9 Å². The second kappa shape index (κ2) is 5.35. The number of rotatable bonds is 4.